The summed E-state index contributed by atoms with van der Waals surface area (Å²) in [6.07, 6.45) is -0.0584. The number of imidazole rings is 1. The molecule has 2 aliphatic rings. The van der Waals surface area contributed by atoms with Crippen molar-refractivity contribution in [2.24, 2.45) is 11.3 Å². The fourth-order valence-electron chi connectivity index (χ4n) is 5.64. The van der Waals surface area contributed by atoms with Crippen molar-refractivity contribution in [3.8, 4) is 23.0 Å². The maximum Gasteiger partial charge on any atom is 0.209 e. The lowest BCUT2D eigenvalue weighted by atomic mass is 9.95. The first-order valence-electron chi connectivity index (χ1n) is 11.9. The summed E-state index contributed by atoms with van der Waals surface area (Å²) in [5.74, 6) is 6.73. The van der Waals surface area contributed by atoms with Gasteiger partial charge in [-0.3, -0.25) is 4.79 Å². The summed E-state index contributed by atoms with van der Waals surface area (Å²) in [5.41, 5.74) is 3.24. The van der Waals surface area contributed by atoms with Crippen molar-refractivity contribution in [2.45, 2.75) is 31.6 Å². The molecule has 2 unspecified atom stereocenters. The summed E-state index contributed by atoms with van der Waals surface area (Å²) in [6.45, 7) is 1.48. The zero-order chi connectivity index (χ0) is 25.0. The monoisotopic (exact) mass is 479 g/mol. The molecule has 2 fully saturated rings. The topological polar surface area (TPSA) is 113 Å². The van der Waals surface area contributed by atoms with E-state index in [0.29, 0.717) is 29.2 Å². The number of anilines is 1. The van der Waals surface area contributed by atoms with Crippen LogP contribution in [0.5, 0.6) is 0 Å². The van der Waals surface area contributed by atoms with Crippen LogP contribution in [0.2, 0.25) is 0 Å². The smallest absolute Gasteiger partial charge is 0.209 e. The molecule has 0 aliphatic heterocycles. The summed E-state index contributed by atoms with van der Waals surface area (Å²) >= 11 is 0. The van der Waals surface area contributed by atoms with E-state index in [2.05, 4.69) is 44.2 Å². The van der Waals surface area contributed by atoms with E-state index in [1.165, 1.54) is 6.92 Å². The summed E-state index contributed by atoms with van der Waals surface area (Å²) in [5, 5.41) is 24.5. The number of carbonyl (C=O) groups excluding carboxylic acids is 1. The molecule has 0 radical (unpaired) electrons. The van der Waals surface area contributed by atoms with Crippen LogP contribution in [-0.4, -0.2) is 54.8 Å². The number of ketones is 1. The molecule has 0 amide bonds. The maximum absolute atomic E-state index is 12.3. The molecule has 2 heterocycles. The van der Waals surface area contributed by atoms with Crippen molar-refractivity contribution in [3.63, 3.8) is 0 Å². The number of nitrogens with one attached hydrogen (secondary N) is 1. The number of benzene rings is 2. The van der Waals surface area contributed by atoms with E-state index in [4.69, 9.17) is 0 Å². The number of aliphatic hydroxyl groups excluding tert-OH is 2. The Kier molecular flexibility index (Phi) is 5.14. The fourth-order valence-corrected chi connectivity index (χ4v) is 5.64. The standard InChI is InChI=1S/C28H25N5O3/c1-16(34)28-14-20(28)23(24(35)25(28)36)33-15-30-22-26(29-2)31-21(32-27(22)33)13-10-17-8-11-19(12-9-17)18-6-4-3-5-7-18/h3-9,11-12,15,20,23-25,35-36H,14H2,1-2H3,(H,29,31,32)/t20?,23-,24+,25?,28+/m1/s1. The number of carbonyl (C=O) groups is 1. The number of hydrogen-bond donors (Lipinski definition) is 3. The minimum Gasteiger partial charge on any atom is -0.389 e. The van der Waals surface area contributed by atoms with Crippen molar-refractivity contribution in [2.75, 3.05) is 12.4 Å². The first-order chi connectivity index (χ1) is 17.4. The highest BCUT2D eigenvalue weighted by Crippen LogP contribution is 2.68. The van der Waals surface area contributed by atoms with Gasteiger partial charge in [-0.15, -0.1) is 0 Å². The molecule has 6 rings (SSSR count). The Labute approximate surface area is 208 Å². The first-order valence-corrected chi connectivity index (χ1v) is 11.9. The second-order valence-electron chi connectivity index (χ2n) is 9.50. The molecule has 2 aromatic heterocycles. The highest BCUT2D eigenvalue weighted by atomic mass is 16.3. The molecule has 3 N–H and O–H groups in total. The molecule has 180 valence electrons. The van der Waals surface area contributed by atoms with Gasteiger partial charge in [-0.25, -0.2) is 15.0 Å². The van der Waals surface area contributed by atoms with Crippen LogP contribution in [0.3, 0.4) is 0 Å². The van der Waals surface area contributed by atoms with Crippen LogP contribution in [0.1, 0.15) is 30.8 Å². The Balaban J connectivity index is 1.35. The van der Waals surface area contributed by atoms with Gasteiger partial charge in [0.15, 0.2) is 17.0 Å². The Bertz CT molecular complexity index is 1540. The number of aromatic nitrogens is 4. The van der Waals surface area contributed by atoms with Crippen molar-refractivity contribution in [1.82, 2.24) is 19.5 Å². The Morgan fingerprint density at radius 1 is 1.06 bits per heavy atom. The van der Waals surface area contributed by atoms with Gasteiger partial charge < -0.3 is 20.1 Å². The van der Waals surface area contributed by atoms with Gasteiger partial charge in [-0.2, -0.15) is 0 Å². The average molecular weight is 480 g/mol. The highest BCUT2D eigenvalue weighted by molar-refractivity contribution is 5.88. The molecule has 36 heavy (non-hydrogen) atoms. The summed E-state index contributed by atoms with van der Waals surface area (Å²) < 4.78 is 1.76. The van der Waals surface area contributed by atoms with Crippen LogP contribution < -0.4 is 5.32 Å². The third-order valence-corrected chi connectivity index (χ3v) is 7.62. The van der Waals surface area contributed by atoms with Gasteiger partial charge in [-0.05, 0) is 48.4 Å². The zero-order valence-electron chi connectivity index (χ0n) is 19.9. The van der Waals surface area contributed by atoms with E-state index < -0.39 is 23.7 Å². The molecule has 8 heteroatoms. The molecule has 8 nitrogen and oxygen atoms in total. The molecule has 2 aliphatic carbocycles. The summed E-state index contributed by atoms with van der Waals surface area (Å²) in [4.78, 5) is 25.9. The number of aliphatic hydroxyl groups is 2. The van der Waals surface area contributed by atoms with Gasteiger partial charge in [0.2, 0.25) is 5.82 Å². The largest absolute Gasteiger partial charge is 0.389 e. The van der Waals surface area contributed by atoms with Gasteiger partial charge in [0.25, 0.3) is 0 Å². The number of Topliss-reactive ketones (excluding diaryl/α,β-unsaturated/α-hetero) is 1. The van der Waals surface area contributed by atoms with Gasteiger partial charge in [0.05, 0.1) is 23.9 Å². The Morgan fingerprint density at radius 2 is 1.78 bits per heavy atom. The van der Waals surface area contributed by atoms with Crippen LogP contribution >= 0.6 is 0 Å². The Hall–Kier alpha value is -4.06. The molecule has 2 saturated carbocycles. The number of nitrogens with zero attached hydrogens (tertiary/aromatic N) is 4. The summed E-state index contributed by atoms with van der Waals surface area (Å²) in [7, 11) is 1.75. The van der Waals surface area contributed by atoms with Crippen LogP contribution in [-0.2, 0) is 4.79 Å². The van der Waals surface area contributed by atoms with Gasteiger partial charge >= 0.3 is 0 Å². The van der Waals surface area contributed by atoms with Gasteiger partial charge in [0, 0.05) is 12.6 Å². The minimum atomic E-state index is -1.11. The van der Waals surface area contributed by atoms with Crippen molar-refractivity contribution >= 4 is 22.8 Å². The van der Waals surface area contributed by atoms with Gasteiger partial charge in [-0.1, -0.05) is 48.4 Å². The lowest BCUT2D eigenvalue weighted by Crippen LogP contribution is -2.36. The third-order valence-electron chi connectivity index (χ3n) is 7.62. The predicted octanol–water partition coefficient (Wildman–Crippen LogP) is 2.81. The van der Waals surface area contributed by atoms with E-state index in [9.17, 15) is 15.0 Å². The van der Waals surface area contributed by atoms with E-state index in [1.54, 1.807) is 17.9 Å². The molecular formula is C28H25N5O3. The lowest BCUT2D eigenvalue weighted by Gasteiger charge is -2.23. The summed E-state index contributed by atoms with van der Waals surface area (Å²) in [6, 6.07) is 17.6. The minimum absolute atomic E-state index is 0.0960. The fraction of sp³-hybridized carbons (Fsp3) is 0.286. The third kappa shape index (κ3) is 3.32. The van der Waals surface area contributed by atoms with E-state index in [1.807, 2.05) is 42.5 Å². The van der Waals surface area contributed by atoms with E-state index >= 15 is 0 Å². The van der Waals surface area contributed by atoms with Crippen molar-refractivity contribution < 1.29 is 15.0 Å². The molecule has 2 aromatic carbocycles. The average Bonchev–Trinajstić information content (AvgIpc) is 3.45. The van der Waals surface area contributed by atoms with Crippen LogP contribution in [0.25, 0.3) is 22.3 Å². The predicted molar refractivity (Wildman–Crippen MR) is 135 cm³/mol. The van der Waals surface area contributed by atoms with Crippen molar-refractivity contribution in [1.29, 1.82) is 0 Å². The van der Waals surface area contributed by atoms with E-state index in [0.717, 1.165) is 16.7 Å². The van der Waals surface area contributed by atoms with Crippen molar-refractivity contribution in [3.05, 3.63) is 72.3 Å². The Morgan fingerprint density at radius 3 is 2.44 bits per heavy atom. The zero-order valence-corrected chi connectivity index (χ0v) is 19.9. The number of fused-ring (bicyclic) bond motifs is 2. The van der Waals surface area contributed by atoms with E-state index in [-0.39, 0.29) is 11.7 Å². The molecule has 0 bridgehead atoms. The van der Waals surface area contributed by atoms with Crippen LogP contribution in [0, 0.1) is 23.2 Å². The molecule has 0 spiro atoms. The quantitative estimate of drug-likeness (QED) is 0.386. The molecule has 0 saturated heterocycles. The SMILES string of the molecule is CNc1nc(C#Cc2ccc(-c3ccccc3)cc2)nc2c1ncn2[C@@H]1C2C[C@@]2(C(C)=O)C(O)[C@H]1O. The molecule has 4 aromatic rings. The first kappa shape index (κ1) is 22.4. The van der Waals surface area contributed by atoms with Crippen LogP contribution in [0.15, 0.2) is 60.9 Å². The van der Waals surface area contributed by atoms with Gasteiger partial charge in [0.1, 0.15) is 11.9 Å². The second kappa shape index (κ2) is 8.26. The second-order valence-corrected chi connectivity index (χ2v) is 9.50. The van der Waals surface area contributed by atoms with Crippen LogP contribution in [0.4, 0.5) is 5.82 Å². The highest BCUT2D eigenvalue weighted by Gasteiger charge is 2.74. The number of rotatable bonds is 4. The maximum atomic E-state index is 12.3. The normalized spacial score (nSPS) is 26.2. The number of hydrogen-bond acceptors (Lipinski definition) is 7. The molecular weight excluding hydrogens is 454 g/mol. The lowest BCUT2D eigenvalue weighted by molar-refractivity contribution is -0.128. The molecule has 5 atom stereocenters.